The maximum atomic E-state index is 12.4. The molecule has 1 aromatic heterocycles. The van der Waals surface area contributed by atoms with Crippen LogP contribution in [0, 0.1) is 0 Å². The van der Waals surface area contributed by atoms with Gasteiger partial charge in [-0.3, -0.25) is 4.79 Å². The number of halogens is 1. The number of hydrogen-bond acceptors (Lipinski definition) is 4. The molecule has 98 valence electrons. The standard InChI is InChI=1S/C12H16ClN3O2/c1-18-5-4-16(9-2-3-9)12(17)8-6-10(13)15-11(14)7-8/h6-7,9H,2-5H2,1H3,(H2,14,15). The lowest BCUT2D eigenvalue weighted by Gasteiger charge is -2.22. The van der Waals surface area contributed by atoms with Crippen molar-refractivity contribution in [3.63, 3.8) is 0 Å². The molecule has 1 amide bonds. The lowest BCUT2D eigenvalue weighted by atomic mass is 10.2. The molecule has 5 nitrogen and oxygen atoms in total. The highest BCUT2D eigenvalue weighted by Gasteiger charge is 2.32. The van der Waals surface area contributed by atoms with Gasteiger partial charge < -0.3 is 15.4 Å². The van der Waals surface area contributed by atoms with Gasteiger partial charge in [0.25, 0.3) is 5.91 Å². The van der Waals surface area contributed by atoms with Crippen molar-refractivity contribution in [3.8, 4) is 0 Å². The first-order valence-corrected chi connectivity index (χ1v) is 6.22. The third kappa shape index (κ3) is 3.11. The fourth-order valence-electron chi connectivity index (χ4n) is 1.83. The van der Waals surface area contributed by atoms with Gasteiger partial charge in [0.05, 0.1) is 6.61 Å². The molecule has 6 heteroatoms. The predicted octanol–water partition coefficient (Wildman–Crippen LogP) is 1.57. The molecule has 1 aliphatic rings. The highest BCUT2D eigenvalue weighted by molar-refractivity contribution is 6.29. The zero-order chi connectivity index (χ0) is 13.1. The summed E-state index contributed by atoms with van der Waals surface area (Å²) in [6.07, 6.45) is 2.09. The normalized spacial score (nSPS) is 14.6. The number of aromatic nitrogens is 1. The molecule has 0 atom stereocenters. The summed E-state index contributed by atoms with van der Waals surface area (Å²) < 4.78 is 5.03. The van der Waals surface area contributed by atoms with Crippen molar-refractivity contribution in [2.75, 3.05) is 26.0 Å². The van der Waals surface area contributed by atoms with E-state index in [4.69, 9.17) is 22.1 Å². The first-order valence-electron chi connectivity index (χ1n) is 5.85. The molecule has 0 unspecified atom stereocenters. The first-order chi connectivity index (χ1) is 8.61. The van der Waals surface area contributed by atoms with E-state index >= 15 is 0 Å². The average molecular weight is 270 g/mol. The van der Waals surface area contributed by atoms with Gasteiger partial charge in [0, 0.05) is 25.3 Å². The maximum Gasteiger partial charge on any atom is 0.254 e. The van der Waals surface area contributed by atoms with Gasteiger partial charge in [-0.2, -0.15) is 0 Å². The van der Waals surface area contributed by atoms with Crippen LogP contribution in [-0.2, 0) is 4.74 Å². The van der Waals surface area contributed by atoms with Crippen LogP contribution in [0.5, 0.6) is 0 Å². The summed E-state index contributed by atoms with van der Waals surface area (Å²) in [6.45, 7) is 1.11. The molecule has 0 aromatic carbocycles. The second-order valence-corrected chi connectivity index (χ2v) is 4.71. The van der Waals surface area contributed by atoms with E-state index < -0.39 is 0 Å². The van der Waals surface area contributed by atoms with Gasteiger partial charge in [-0.15, -0.1) is 0 Å². The fraction of sp³-hybridized carbons (Fsp3) is 0.500. The van der Waals surface area contributed by atoms with E-state index in [0.29, 0.717) is 24.8 Å². The Morgan fingerprint density at radius 2 is 2.33 bits per heavy atom. The van der Waals surface area contributed by atoms with Crippen LogP contribution in [0.4, 0.5) is 5.82 Å². The quantitative estimate of drug-likeness (QED) is 0.824. The van der Waals surface area contributed by atoms with Crippen molar-refractivity contribution in [1.82, 2.24) is 9.88 Å². The number of ether oxygens (including phenoxy) is 1. The largest absolute Gasteiger partial charge is 0.384 e. The van der Waals surface area contributed by atoms with Crippen LogP contribution in [0.3, 0.4) is 0 Å². The van der Waals surface area contributed by atoms with Gasteiger partial charge >= 0.3 is 0 Å². The van der Waals surface area contributed by atoms with Crippen LogP contribution in [-0.4, -0.2) is 42.1 Å². The van der Waals surface area contributed by atoms with Crippen molar-refractivity contribution >= 4 is 23.3 Å². The van der Waals surface area contributed by atoms with E-state index in [1.54, 1.807) is 19.2 Å². The van der Waals surface area contributed by atoms with Crippen molar-refractivity contribution < 1.29 is 9.53 Å². The number of pyridine rings is 1. The van der Waals surface area contributed by atoms with Crippen LogP contribution in [0.15, 0.2) is 12.1 Å². The average Bonchev–Trinajstić information content (AvgIpc) is 3.12. The van der Waals surface area contributed by atoms with Gasteiger partial charge in [0.15, 0.2) is 0 Å². The van der Waals surface area contributed by atoms with Crippen molar-refractivity contribution in [2.24, 2.45) is 0 Å². The fourth-order valence-corrected chi connectivity index (χ4v) is 2.05. The number of nitrogens with two attached hydrogens (primary N) is 1. The molecule has 1 heterocycles. The van der Waals surface area contributed by atoms with E-state index in [2.05, 4.69) is 4.98 Å². The molecule has 1 fully saturated rings. The minimum atomic E-state index is -0.0643. The van der Waals surface area contributed by atoms with Crippen molar-refractivity contribution in [3.05, 3.63) is 22.8 Å². The molecular weight excluding hydrogens is 254 g/mol. The summed E-state index contributed by atoms with van der Waals surface area (Å²) in [7, 11) is 1.62. The maximum absolute atomic E-state index is 12.4. The molecule has 1 saturated carbocycles. The monoisotopic (exact) mass is 269 g/mol. The highest BCUT2D eigenvalue weighted by Crippen LogP contribution is 2.28. The molecule has 0 saturated heterocycles. The van der Waals surface area contributed by atoms with E-state index in [1.165, 1.54) is 0 Å². The Labute approximate surface area is 111 Å². The molecule has 0 aliphatic heterocycles. The zero-order valence-corrected chi connectivity index (χ0v) is 11.0. The Morgan fingerprint density at radius 3 is 2.89 bits per heavy atom. The third-order valence-electron chi connectivity index (χ3n) is 2.85. The molecule has 0 spiro atoms. The summed E-state index contributed by atoms with van der Waals surface area (Å²) in [4.78, 5) is 18.0. The van der Waals surface area contributed by atoms with E-state index in [9.17, 15) is 4.79 Å². The van der Waals surface area contributed by atoms with Gasteiger partial charge in [-0.05, 0) is 25.0 Å². The van der Waals surface area contributed by atoms with E-state index in [1.807, 2.05) is 4.90 Å². The number of amides is 1. The number of carbonyl (C=O) groups is 1. The van der Waals surface area contributed by atoms with Crippen LogP contribution in [0.1, 0.15) is 23.2 Å². The lowest BCUT2D eigenvalue weighted by molar-refractivity contribution is 0.0680. The Bertz CT molecular complexity index is 429. The number of rotatable bonds is 5. The van der Waals surface area contributed by atoms with Gasteiger partial charge in [0.2, 0.25) is 0 Å². The summed E-state index contributed by atoms with van der Waals surface area (Å²) in [5.41, 5.74) is 6.08. The number of nitrogen functional groups attached to an aromatic ring is 1. The van der Waals surface area contributed by atoms with Crippen LogP contribution >= 0.6 is 11.6 Å². The molecule has 18 heavy (non-hydrogen) atoms. The van der Waals surface area contributed by atoms with Gasteiger partial charge in [-0.25, -0.2) is 4.98 Å². The molecule has 0 bridgehead atoms. The number of methoxy groups -OCH3 is 1. The SMILES string of the molecule is COCCN(C(=O)c1cc(N)nc(Cl)c1)C1CC1. The second-order valence-electron chi connectivity index (χ2n) is 4.33. The topological polar surface area (TPSA) is 68.5 Å². The van der Waals surface area contributed by atoms with E-state index in [-0.39, 0.29) is 16.9 Å². The summed E-state index contributed by atoms with van der Waals surface area (Å²) in [5.74, 6) is 0.193. The lowest BCUT2D eigenvalue weighted by Crippen LogP contribution is -2.35. The third-order valence-corrected chi connectivity index (χ3v) is 3.04. The highest BCUT2D eigenvalue weighted by atomic mass is 35.5. The number of hydrogen-bond donors (Lipinski definition) is 1. The molecule has 0 radical (unpaired) electrons. The summed E-state index contributed by atoms with van der Waals surface area (Å²) >= 11 is 5.81. The smallest absolute Gasteiger partial charge is 0.254 e. The molecule has 1 aliphatic carbocycles. The van der Waals surface area contributed by atoms with Crippen molar-refractivity contribution in [1.29, 1.82) is 0 Å². The minimum Gasteiger partial charge on any atom is -0.384 e. The predicted molar refractivity (Wildman–Crippen MR) is 69.6 cm³/mol. The van der Waals surface area contributed by atoms with Crippen LogP contribution < -0.4 is 5.73 Å². The number of anilines is 1. The number of nitrogens with zero attached hydrogens (tertiary/aromatic N) is 2. The Kier molecular flexibility index (Phi) is 4.04. The van der Waals surface area contributed by atoms with Crippen LogP contribution in [0.2, 0.25) is 5.15 Å². The number of carbonyl (C=O) groups excluding carboxylic acids is 1. The van der Waals surface area contributed by atoms with Gasteiger partial charge in [-0.1, -0.05) is 11.6 Å². The summed E-state index contributed by atoms with van der Waals surface area (Å²) in [5, 5.41) is 0.237. The molecule has 1 aromatic rings. The summed E-state index contributed by atoms with van der Waals surface area (Å²) in [6, 6.07) is 3.42. The Hall–Kier alpha value is -1.33. The first kappa shape index (κ1) is 13.1. The zero-order valence-electron chi connectivity index (χ0n) is 10.2. The molecular formula is C12H16ClN3O2. The van der Waals surface area contributed by atoms with Crippen LogP contribution in [0.25, 0.3) is 0 Å². The Balaban J connectivity index is 2.16. The Morgan fingerprint density at radius 1 is 1.61 bits per heavy atom. The second kappa shape index (κ2) is 5.54. The van der Waals surface area contributed by atoms with Crippen molar-refractivity contribution in [2.45, 2.75) is 18.9 Å². The molecule has 2 rings (SSSR count). The van der Waals surface area contributed by atoms with Gasteiger partial charge in [0.1, 0.15) is 11.0 Å². The molecule has 2 N–H and O–H groups in total. The minimum absolute atomic E-state index is 0.0643. The van der Waals surface area contributed by atoms with E-state index in [0.717, 1.165) is 12.8 Å².